The lowest BCUT2D eigenvalue weighted by Gasteiger charge is -2.41. The highest BCUT2D eigenvalue weighted by Gasteiger charge is 2.28. The van der Waals surface area contributed by atoms with Gasteiger partial charge >= 0.3 is 0 Å². The quantitative estimate of drug-likeness (QED) is 0.274. The zero-order valence-corrected chi connectivity index (χ0v) is 18.2. The summed E-state index contributed by atoms with van der Waals surface area (Å²) in [6.45, 7) is 3.28. The lowest BCUT2D eigenvalue weighted by molar-refractivity contribution is 0.169. The van der Waals surface area contributed by atoms with E-state index in [0.29, 0.717) is 35.8 Å². The summed E-state index contributed by atoms with van der Waals surface area (Å²) in [5.74, 6) is 1.52. The number of benzene rings is 2. The summed E-state index contributed by atoms with van der Waals surface area (Å²) in [5.41, 5.74) is 17.5. The first-order valence-corrected chi connectivity index (χ1v) is 10.7. The molecule has 1 aliphatic heterocycles. The van der Waals surface area contributed by atoms with E-state index in [2.05, 4.69) is 42.0 Å². The first-order valence-electron chi connectivity index (χ1n) is 10.7. The first kappa shape index (κ1) is 20.8. The monoisotopic (exact) mass is 444 g/mol. The fraction of sp³-hybridized carbons (Fsp3) is 0.318. The lowest BCUT2D eigenvalue weighted by atomic mass is 10.1. The Balaban J connectivity index is 1.44. The van der Waals surface area contributed by atoms with Crippen molar-refractivity contribution in [2.24, 2.45) is 5.11 Å². The molecule has 33 heavy (non-hydrogen) atoms. The minimum Gasteiger partial charge on any atom is -0.494 e. The van der Waals surface area contributed by atoms with E-state index >= 15 is 0 Å². The van der Waals surface area contributed by atoms with Crippen LogP contribution in [-0.4, -0.2) is 63.8 Å². The van der Waals surface area contributed by atoms with Crippen LogP contribution in [0, 0.1) is 0 Å². The van der Waals surface area contributed by atoms with E-state index in [1.165, 1.54) is 0 Å². The van der Waals surface area contributed by atoms with Crippen LogP contribution in [0.5, 0.6) is 5.75 Å². The van der Waals surface area contributed by atoms with Crippen molar-refractivity contribution >= 4 is 28.2 Å². The van der Waals surface area contributed by atoms with Gasteiger partial charge in [0, 0.05) is 48.2 Å². The van der Waals surface area contributed by atoms with E-state index in [1.54, 1.807) is 11.6 Å². The lowest BCUT2D eigenvalue weighted by Crippen LogP contribution is -2.54. The van der Waals surface area contributed by atoms with E-state index in [1.807, 2.05) is 36.4 Å². The molecular formula is C22H24N10O. The molecule has 0 saturated carbocycles. The van der Waals surface area contributed by atoms with E-state index in [0.717, 1.165) is 30.7 Å². The highest BCUT2D eigenvalue weighted by atomic mass is 16.5. The molecule has 0 spiro atoms. The van der Waals surface area contributed by atoms with Crippen molar-refractivity contribution in [1.82, 2.24) is 24.5 Å². The second-order valence-electron chi connectivity index (χ2n) is 7.91. The van der Waals surface area contributed by atoms with E-state index in [-0.39, 0.29) is 12.0 Å². The fourth-order valence-corrected chi connectivity index (χ4v) is 4.36. The summed E-state index contributed by atoms with van der Waals surface area (Å²) >= 11 is 0. The van der Waals surface area contributed by atoms with E-state index < -0.39 is 0 Å². The van der Waals surface area contributed by atoms with Crippen molar-refractivity contribution in [3.05, 3.63) is 64.8 Å². The van der Waals surface area contributed by atoms with Crippen LogP contribution in [0.3, 0.4) is 0 Å². The standard InChI is InChI=1S/C22H24N10O/c1-33-18-9-5-8-17-20(18)27-22(23)32-21(17)26-19(28-32)14-31-11-10-30(13-16(31)12-25-29-24)15-6-3-2-4-7-15/h2-9,16H,10-14H2,1H3,(H2,23,27)/t16-/m1/s1. The number of azide groups is 1. The maximum absolute atomic E-state index is 8.89. The number of ether oxygens (including phenoxy) is 1. The summed E-state index contributed by atoms with van der Waals surface area (Å²) in [6.07, 6.45) is 0. The van der Waals surface area contributed by atoms with Crippen molar-refractivity contribution in [2.75, 3.05) is 43.9 Å². The third-order valence-electron chi connectivity index (χ3n) is 5.98. The number of methoxy groups -OCH3 is 1. The first-order chi connectivity index (χ1) is 16.2. The Kier molecular flexibility index (Phi) is 5.55. The zero-order valence-electron chi connectivity index (χ0n) is 18.2. The molecular weight excluding hydrogens is 420 g/mol. The van der Waals surface area contributed by atoms with Crippen LogP contribution in [0.4, 0.5) is 11.6 Å². The van der Waals surface area contributed by atoms with Gasteiger partial charge in [-0.1, -0.05) is 29.4 Å². The van der Waals surface area contributed by atoms with Gasteiger partial charge in [0.05, 0.1) is 13.7 Å². The molecule has 1 fully saturated rings. The number of hydrogen-bond acceptors (Lipinski definition) is 8. The number of aromatic nitrogens is 4. The second kappa shape index (κ2) is 8.81. The Morgan fingerprint density at radius 1 is 1.15 bits per heavy atom. The molecule has 5 rings (SSSR count). The number of nitrogen functional groups attached to an aromatic ring is 1. The van der Waals surface area contributed by atoms with Gasteiger partial charge in [-0.25, -0.2) is 9.97 Å². The van der Waals surface area contributed by atoms with E-state index in [4.69, 9.17) is 21.0 Å². The number of piperazine rings is 1. The van der Waals surface area contributed by atoms with Crippen LogP contribution >= 0.6 is 0 Å². The molecule has 2 N–H and O–H groups in total. The number of hydrogen-bond donors (Lipinski definition) is 1. The van der Waals surface area contributed by atoms with Gasteiger partial charge in [0.2, 0.25) is 5.95 Å². The van der Waals surface area contributed by atoms with Crippen molar-refractivity contribution < 1.29 is 4.74 Å². The average Bonchev–Trinajstić information content (AvgIpc) is 3.28. The minimum absolute atomic E-state index is 0.0359. The minimum atomic E-state index is 0.0359. The summed E-state index contributed by atoms with van der Waals surface area (Å²) in [6, 6.07) is 16.0. The third kappa shape index (κ3) is 3.95. The number of anilines is 2. The molecule has 11 nitrogen and oxygen atoms in total. The van der Waals surface area contributed by atoms with Crippen molar-refractivity contribution in [2.45, 2.75) is 12.6 Å². The number of nitrogens with two attached hydrogens (primary N) is 1. The summed E-state index contributed by atoms with van der Waals surface area (Å²) in [5, 5.41) is 9.30. The predicted octanol–water partition coefficient (Wildman–Crippen LogP) is 2.87. The molecule has 1 atom stereocenters. The molecule has 1 saturated heterocycles. The Morgan fingerprint density at radius 2 is 2.00 bits per heavy atom. The van der Waals surface area contributed by atoms with Gasteiger partial charge in [0.25, 0.3) is 0 Å². The molecule has 2 aromatic heterocycles. The smallest absolute Gasteiger partial charge is 0.223 e. The van der Waals surface area contributed by atoms with Gasteiger partial charge in [0.1, 0.15) is 11.3 Å². The SMILES string of the molecule is COc1cccc2c1nc(N)n1nc(CN3CCN(c4ccccc4)C[C@H]3CN=[N+]=[N-])nc21. The second-order valence-corrected chi connectivity index (χ2v) is 7.91. The van der Waals surface area contributed by atoms with Gasteiger partial charge in [-0.05, 0) is 29.8 Å². The van der Waals surface area contributed by atoms with Gasteiger partial charge in [0.15, 0.2) is 11.5 Å². The zero-order chi connectivity index (χ0) is 22.8. The van der Waals surface area contributed by atoms with E-state index in [9.17, 15) is 0 Å². The normalized spacial score (nSPS) is 16.8. The third-order valence-corrected chi connectivity index (χ3v) is 5.98. The maximum Gasteiger partial charge on any atom is 0.223 e. The Bertz CT molecular complexity index is 1330. The molecule has 4 aromatic rings. The van der Waals surface area contributed by atoms with Crippen LogP contribution in [0.1, 0.15) is 5.82 Å². The van der Waals surface area contributed by atoms with Gasteiger partial charge < -0.3 is 15.4 Å². The largest absolute Gasteiger partial charge is 0.494 e. The Morgan fingerprint density at radius 3 is 2.79 bits per heavy atom. The predicted molar refractivity (Wildman–Crippen MR) is 126 cm³/mol. The van der Waals surface area contributed by atoms with Crippen LogP contribution < -0.4 is 15.4 Å². The number of nitrogens with zero attached hydrogens (tertiary/aromatic N) is 9. The highest BCUT2D eigenvalue weighted by Crippen LogP contribution is 2.28. The van der Waals surface area contributed by atoms with Crippen molar-refractivity contribution in [3.8, 4) is 5.75 Å². The summed E-state index contributed by atoms with van der Waals surface area (Å²) in [4.78, 5) is 16.8. The molecule has 0 radical (unpaired) electrons. The Hall–Kier alpha value is -4.08. The van der Waals surface area contributed by atoms with Gasteiger partial charge in [-0.2, -0.15) is 4.52 Å². The van der Waals surface area contributed by atoms with Crippen LogP contribution in [-0.2, 0) is 6.54 Å². The molecule has 0 unspecified atom stereocenters. The molecule has 3 heterocycles. The molecule has 0 aliphatic carbocycles. The van der Waals surface area contributed by atoms with Crippen LogP contribution in [0.2, 0.25) is 0 Å². The number of rotatable bonds is 6. The summed E-state index contributed by atoms with van der Waals surface area (Å²) in [7, 11) is 1.60. The molecule has 2 aromatic carbocycles. The van der Waals surface area contributed by atoms with Crippen LogP contribution in [0.15, 0.2) is 53.6 Å². The number of para-hydroxylation sites is 2. The molecule has 1 aliphatic rings. The maximum atomic E-state index is 8.89. The topological polar surface area (TPSA) is 134 Å². The fourth-order valence-electron chi connectivity index (χ4n) is 4.36. The van der Waals surface area contributed by atoms with Gasteiger partial charge in [-0.15, -0.1) is 5.10 Å². The molecule has 0 bridgehead atoms. The van der Waals surface area contributed by atoms with Crippen molar-refractivity contribution in [3.63, 3.8) is 0 Å². The van der Waals surface area contributed by atoms with Gasteiger partial charge in [-0.3, -0.25) is 4.90 Å². The summed E-state index contributed by atoms with van der Waals surface area (Å²) < 4.78 is 7.00. The molecule has 0 amide bonds. The highest BCUT2D eigenvalue weighted by molar-refractivity contribution is 5.95. The molecule has 168 valence electrons. The number of fused-ring (bicyclic) bond motifs is 3. The van der Waals surface area contributed by atoms with Crippen molar-refractivity contribution in [1.29, 1.82) is 0 Å². The Labute approximate surface area is 190 Å². The van der Waals surface area contributed by atoms with Crippen LogP contribution in [0.25, 0.3) is 27.0 Å². The average molecular weight is 445 g/mol. The molecule has 11 heteroatoms.